The van der Waals surface area contributed by atoms with Gasteiger partial charge in [-0.2, -0.15) is 0 Å². The predicted molar refractivity (Wildman–Crippen MR) is 159 cm³/mol. The summed E-state index contributed by atoms with van der Waals surface area (Å²) in [5.41, 5.74) is 0.858. The predicted octanol–water partition coefficient (Wildman–Crippen LogP) is 6.33. The monoisotopic (exact) mass is 665 g/mol. The molecule has 0 amide bonds. The third kappa shape index (κ3) is 10.2. The summed E-state index contributed by atoms with van der Waals surface area (Å²) in [5, 5.41) is 2.24. The molecule has 0 N–H and O–H groups in total. The van der Waals surface area contributed by atoms with Crippen molar-refractivity contribution in [2.75, 3.05) is 40.2 Å². The number of halogens is 5. The minimum absolute atomic E-state index is 0.119. The lowest BCUT2D eigenvalue weighted by molar-refractivity contribution is -0.276. The molecule has 4 rings (SSSR count). The van der Waals surface area contributed by atoms with E-state index in [1.807, 2.05) is 0 Å². The molecule has 0 aliphatic carbocycles. The zero-order valence-electron chi connectivity index (χ0n) is 25.6. The van der Waals surface area contributed by atoms with Crippen LogP contribution in [0.3, 0.4) is 0 Å². The summed E-state index contributed by atoms with van der Waals surface area (Å²) in [5.74, 6) is -5.18. The molecular formula is C32H32F5N3O7. The minimum Gasteiger partial charge on any atom is -0.475 e. The van der Waals surface area contributed by atoms with Gasteiger partial charge in [0.05, 0.1) is 17.7 Å². The second kappa shape index (κ2) is 16.3. The molecule has 0 aliphatic rings. The van der Waals surface area contributed by atoms with Crippen LogP contribution in [0.5, 0.6) is 11.6 Å². The maximum Gasteiger partial charge on any atom is 0.573 e. The van der Waals surface area contributed by atoms with Gasteiger partial charge < -0.3 is 28.6 Å². The van der Waals surface area contributed by atoms with Gasteiger partial charge in [-0.15, -0.1) is 13.2 Å². The van der Waals surface area contributed by atoms with Crippen LogP contribution in [-0.4, -0.2) is 73.4 Å². The number of nitrogens with zero attached hydrogens (tertiary/aromatic N) is 3. The van der Waals surface area contributed by atoms with Crippen molar-refractivity contribution in [1.29, 1.82) is 0 Å². The van der Waals surface area contributed by atoms with E-state index >= 15 is 0 Å². The molecule has 0 fully saturated rings. The Morgan fingerprint density at radius 2 is 1.68 bits per heavy atom. The van der Waals surface area contributed by atoms with E-state index in [-0.39, 0.29) is 37.3 Å². The van der Waals surface area contributed by atoms with Crippen molar-refractivity contribution in [2.24, 2.45) is 0 Å². The molecule has 2 aromatic carbocycles. The topological polar surface area (TPSA) is 109 Å². The molecule has 0 bridgehead atoms. The van der Waals surface area contributed by atoms with Crippen molar-refractivity contribution in [3.63, 3.8) is 0 Å². The fourth-order valence-electron chi connectivity index (χ4n) is 4.58. The number of hydrogen-bond acceptors (Lipinski definition) is 10. The first-order valence-electron chi connectivity index (χ1n) is 14.6. The second-order valence-corrected chi connectivity index (χ2v) is 10.3. The second-order valence-electron chi connectivity index (χ2n) is 10.3. The van der Waals surface area contributed by atoms with Crippen molar-refractivity contribution in [1.82, 2.24) is 14.9 Å². The molecule has 0 radical (unpaired) electrons. The van der Waals surface area contributed by atoms with Gasteiger partial charge >= 0.3 is 18.3 Å². The third-order valence-corrected chi connectivity index (χ3v) is 6.77. The number of fused-ring (bicyclic) bond motifs is 3. The van der Waals surface area contributed by atoms with Crippen LogP contribution < -0.4 is 9.47 Å². The van der Waals surface area contributed by atoms with E-state index in [4.69, 9.17) is 18.9 Å². The molecule has 2 aromatic heterocycles. The van der Waals surface area contributed by atoms with Gasteiger partial charge in [-0.1, -0.05) is 13.0 Å². The van der Waals surface area contributed by atoms with Crippen LogP contribution in [-0.2, 0) is 25.5 Å². The molecule has 0 aliphatic heterocycles. The number of aromatic nitrogens is 2. The Labute approximate surface area is 266 Å². The number of unbranched alkanes of at least 4 members (excludes halogenated alkanes) is 1. The van der Waals surface area contributed by atoms with E-state index in [2.05, 4.69) is 14.7 Å². The zero-order valence-corrected chi connectivity index (χ0v) is 25.6. The Kier molecular flexibility index (Phi) is 12.2. The molecule has 10 nitrogen and oxygen atoms in total. The van der Waals surface area contributed by atoms with Crippen LogP contribution in [0.25, 0.3) is 21.7 Å². The van der Waals surface area contributed by atoms with E-state index in [1.54, 1.807) is 55.5 Å². The van der Waals surface area contributed by atoms with Gasteiger partial charge in [0.15, 0.2) is 11.6 Å². The number of rotatable bonds is 16. The van der Waals surface area contributed by atoms with Crippen LogP contribution in [0.1, 0.15) is 42.1 Å². The fraction of sp³-hybridized carbons (Fsp3) is 0.375. The molecule has 47 heavy (non-hydrogen) atoms. The molecule has 0 atom stereocenters. The highest BCUT2D eigenvalue weighted by molar-refractivity contribution is 6.08. The van der Waals surface area contributed by atoms with E-state index < -0.39 is 42.5 Å². The van der Waals surface area contributed by atoms with Crippen LogP contribution >= 0.6 is 0 Å². The Morgan fingerprint density at radius 1 is 0.915 bits per heavy atom. The van der Waals surface area contributed by atoms with Gasteiger partial charge in [0.2, 0.25) is 18.4 Å². The van der Waals surface area contributed by atoms with Crippen LogP contribution in [0.15, 0.2) is 48.8 Å². The first-order chi connectivity index (χ1) is 22.4. The molecule has 2 heterocycles. The average Bonchev–Trinajstić information content (AvgIpc) is 3.03. The summed E-state index contributed by atoms with van der Waals surface area (Å²) in [6.07, 6.45) is -0.394. The molecule has 0 saturated heterocycles. The molecule has 252 valence electrons. The molecule has 0 spiro atoms. The molecule has 15 heteroatoms. The Hall–Kier alpha value is -4.63. The van der Waals surface area contributed by atoms with Gasteiger partial charge in [-0.05, 0) is 62.3 Å². The van der Waals surface area contributed by atoms with Gasteiger partial charge in [0, 0.05) is 48.1 Å². The van der Waals surface area contributed by atoms with E-state index in [0.29, 0.717) is 37.4 Å². The lowest BCUT2D eigenvalue weighted by atomic mass is 10.1. The highest BCUT2D eigenvalue weighted by Crippen LogP contribution is 2.31. The van der Waals surface area contributed by atoms with Crippen molar-refractivity contribution in [3.05, 3.63) is 71.6 Å². The lowest BCUT2D eigenvalue weighted by Crippen LogP contribution is -2.21. The summed E-state index contributed by atoms with van der Waals surface area (Å²) in [6.45, 7) is 2.66. The molecule has 0 saturated carbocycles. The summed E-state index contributed by atoms with van der Waals surface area (Å²) in [7, 11) is 1.72. The number of hydrogen-bond donors (Lipinski definition) is 0. The standard InChI is InChI=1S/C32H32F5N3O7/c1-3-28(41)45-19-46-31(42)21-6-7-22-24-17-38-9-8-23(24)30(39-27(22)16-21)44-13-12-43-11-5-4-10-40(2)18-20-14-25(33)29(26(34)15-20)47-32(35,36)37/h6-9,14-17H,3-5,10-13,18-19H2,1-2H3. The molecule has 4 aromatic rings. The Morgan fingerprint density at radius 3 is 2.40 bits per heavy atom. The van der Waals surface area contributed by atoms with Gasteiger partial charge in [0.1, 0.15) is 6.61 Å². The summed E-state index contributed by atoms with van der Waals surface area (Å²) < 4.78 is 89.8. The van der Waals surface area contributed by atoms with E-state index in [9.17, 15) is 31.5 Å². The fourth-order valence-corrected chi connectivity index (χ4v) is 4.58. The number of benzene rings is 2. The van der Waals surface area contributed by atoms with Crippen molar-refractivity contribution >= 4 is 33.6 Å². The van der Waals surface area contributed by atoms with E-state index in [0.717, 1.165) is 28.3 Å². The first kappa shape index (κ1) is 35.2. The highest BCUT2D eigenvalue weighted by Gasteiger charge is 2.34. The number of alkyl halides is 3. The van der Waals surface area contributed by atoms with Crippen molar-refractivity contribution in [3.8, 4) is 11.6 Å². The van der Waals surface area contributed by atoms with Crippen molar-refractivity contribution in [2.45, 2.75) is 39.1 Å². The van der Waals surface area contributed by atoms with Crippen LogP contribution in [0.2, 0.25) is 0 Å². The smallest absolute Gasteiger partial charge is 0.475 e. The summed E-state index contributed by atoms with van der Waals surface area (Å²) in [4.78, 5) is 34.3. The van der Waals surface area contributed by atoms with Gasteiger partial charge in [-0.3, -0.25) is 9.78 Å². The third-order valence-electron chi connectivity index (χ3n) is 6.77. The maximum atomic E-state index is 14.0. The number of ether oxygens (including phenoxy) is 5. The molecular weight excluding hydrogens is 633 g/mol. The molecule has 0 unspecified atom stereocenters. The largest absolute Gasteiger partial charge is 0.573 e. The number of carbonyl (C=O) groups is 2. The quantitative estimate of drug-likeness (QED) is 0.0443. The normalized spacial score (nSPS) is 11.7. The number of pyridine rings is 2. The Balaban J connectivity index is 1.23. The lowest BCUT2D eigenvalue weighted by Gasteiger charge is -2.18. The van der Waals surface area contributed by atoms with Crippen molar-refractivity contribution < 1.29 is 55.2 Å². The van der Waals surface area contributed by atoms with E-state index in [1.165, 1.54) is 0 Å². The number of esters is 2. The minimum atomic E-state index is -5.20. The zero-order chi connectivity index (χ0) is 34.0. The highest BCUT2D eigenvalue weighted by atomic mass is 19.4. The number of carbonyl (C=O) groups excluding carboxylic acids is 2. The van der Waals surface area contributed by atoms with Gasteiger partial charge in [0.25, 0.3) is 0 Å². The van der Waals surface area contributed by atoms with Crippen LogP contribution in [0.4, 0.5) is 22.0 Å². The SMILES string of the molecule is CCC(=O)OCOC(=O)c1ccc2c(c1)nc(OCCOCCCCN(C)Cc1cc(F)c(OC(F)(F)F)c(F)c1)c1ccncc12. The van der Waals surface area contributed by atoms with Gasteiger partial charge in [-0.25, -0.2) is 18.6 Å². The summed E-state index contributed by atoms with van der Waals surface area (Å²) >= 11 is 0. The Bertz CT molecular complexity index is 1680. The van der Waals surface area contributed by atoms with Crippen LogP contribution in [0, 0.1) is 11.6 Å². The summed E-state index contributed by atoms with van der Waals surface area (Å²) in [6, 6.07) is 8.26. The average molecular weight is 666 g/mol. The first-order valence-corrected chi connectivity index (χ1v) is 14.6. The maximum absolute atomic E-state index is 14.0.